The maximum atomic E-state index is 12.9. The highest BCUT2D eigenvalue weighted by atomic mass is 32.2. The number of rotatable bonds is 8. The third-order valence-electron chi connectivity index (χ3n) is 5.14. The van der Waals surface area contributed by atoms with Gasteiger partial charge in [-0.05, 0) is 77.8 Å². The highest BCUT2D eigenvalue weighted by molar-refractivity contribution is 7.86. The molecule has 0 saturated heterocycles. The molecule has 1 aliphatic heterocycles. The number of benzene rings is 2. The predicted molar refractivity (Wildman–Crippen MR) is 122 cm³/mol. The Hall–Kier alpha value is -2.35. The van der Waals surface area contributed by atoms with Crippen molar-refractivity contribution in [1.82, 2.24) is 10.4 Å². The zero-order chi connectivity index (χ0) is 22.8. The molecule has 0 fully saturated rings. The van der Waals surface area contributed by atoms with Crippen molar-refractivity contribution < 1.29 is 17.3 Å². The summed E-state index contributed by atoms with van der Waals surface area (Å²) in [7, 11) is -3.92. The third-order valence-corrected chi connectivity index (χ3v) is 6.43. The van der Waals surface area contributed by atoms with E-state index < -0.39 is 16.3 Å². The van der Waals surface area contributed by atoms with E-state index in [-0.39, 0.29) is 17.0 Å². The monoisotopic (exact) mass is 444 g/mol. The quantitative estimate of drug-likeness (QED) is 0.602. The molecule has 0 aromatic heterocycles. The third kappa shape index (κ3) is 5.67. The topological polar surface area (TPSA) is 67.9 Å². The Morgan fingerprint density at radius 3 is 2.13 bits per heavy atom. The summed E-state index contributed by atoms with van der Waals surface area (Å²) in [5, 5.41) is 1.96. The fraction of sp³-hybridized carbons (Fsp3) is 0.417. The smallest absolute Gasteiger partial charge is 0.298 e. The van der Waals surface area contributed by atoms with Gasteiger partial charge >= 0.3 is 0 Å². The van der Waals surface area contributed by atoms with Crippen molar-refractivity contribution in [2.75, 3.05) is 0 Å². The Kier molecular flexibility index (Phi) is 7.09. The van der Waals surface area contributed by atoms with Crippen LogP contribution in [0.4, 0.5) is 0 Å². The van der Waals surface area contributed by atoms with Crippen LogP contribution in [0.25, 0.3) is 0 Å². The molecule has 2 aromatic rings. The zero-order valence-corrected chi connectivity index (χ0v) is 19.9. The lowest BCUT2D eigenvalue weighted by molar-refractivity contribution is 0.114. The van der Waals surface area contributed by atoms with Gasteiger partial charge in [-0.2, -0.15) is 8.42 Å². The largest absolute Gasteiger partial charge is 0.491 e. The average molecular weight is 445 g/mol. The average Bonchev–Trinajstić information content (AvgIpc) is 2.98. The van der Waals surface area contributed by atoms with Crippen LogP contribution in [-0.4, -0.2) is 31.8 Å². The number of nitrogens with zero attached hydrogens (tertiary/aromatic N) is 1. The summed E-state index contributed by atoms with van der Waals surface area (Å²) in [5.74, 6) is 0.813. The molecule has 1 N–H and O–H groups in total. The molecule has 3 rings (SSSR count). The molecule has 6 nitrogen and oxygen atoms in total. The SMILES string of the molecule is CC1=C(Cc2ccc(OC(C)C)cc2)C(OS(=O)(=O)c2ccc(C)cc2)NN1C(C)C. The highest BCUT2D eigenvalue weighted by Gasteiger charge is 2.34. The van der Waals surface area contributed by atoms with Gasteiger partial charge in [-0.3, -0.25) is 0 Å². The molecule has 7 heteroatoms. The van der Waals surface area contributed by atoms with Gasteiger partial charge in [-0.1, -0.05) is 29.8 Å². The first kappa shape index (κ1) is 23.3. The fourth-order valence-corrected chi connectivity index (χ4v) is 4.54. The van der Waals surface area contributed by atoms with Gasteiger partial charge < -0.3 is 9.75 Å². The van der Waals surface area contributed by atoms with Gasteiger partial charge in [0.1, 0.15) is 5.75 Å². The fourth-order valence-electron chi connectivity index (χ4n) is 3.55. The number of ether oxygens (including phenoxy) is 1. The molecule has 0 spiro atoms. The Morgan fingerprint density at radius 2 is 1.58 bits per heavy atom. The molecule has 0 amide bonds. The molecule has 168 valence electrons. The van der Waals surface area contributed by atoms with E-state index in [1.165, 1.54) is 0 Å². The van der Waals surface area contributed by atoms with Crippen LogP contribution in [0.5, 0.6) is 5.75 Å². The van der Waals surface area contributed by atoms with Crippen LogP contribution >= 0.6 is 0 Å². The highest BCUT2D eigenvalue weighted by Crippen LogP contribution is 2.29. The second kappa shape index (κ2) is 9.42. The molecule has 0 bridgehead atoms. The van der Waals surface area contributed by atoms with Crippen LogP contribution < -0.4 is 10.2 Å². The van der Waals surface area contributed by atoms with Crippen LogP contribution in [0.3, 0.4) is 0 Å². The van der Waals surface area contributed by atoms with Crippen LogP contribution in [0.2, 0.25) is 0 Å². The van der Waals surface area contributed by atoms with Crippen molar-refractivity contribution in [2.45, 2.75) is 71.2 Å². The number of nitrogens with one attached hydrogen (secondary N) is 1. The molecule has 0 saturated carbocycles. The Morgan fingerprint density at radius 1 is 0.968 bits per heavy atom. The number of hydrogen-bond donors (Lipinski definition) is 1. The van der Waals surface area contributed by atoms with E-state index in [2.05, 4.69) is 5.43 Å². The first-order valence-corrected chi connectivity index (χ1v) is 12.0. The first-order chi connectivity index (χ1) is 14.6. The van der Waals surface area contributed by atoms with Gasteiger partial charge in [-0.15, -0.1) is 0 Å². The Bertz CT molecular complexity index is 1030. The lowest BCUT2D eigenvalue weighted by Crippen LogP contribution is -2.43. The Balaban J connectivity index is 1.84. The number of allylic oxidation sites excluding steroid dienone is 1. The molecule has 0 radical (unpaired) electrons. The summed E-state index contributed by atoms with van der Waals surface area (Å²) < 4.78 is 37.2. The lowest BCUT2D eigenvalue weighted by atomic mass is 10.0. The van der Waals surface area contributed by atoms with Gasteiger partial charge in [0.15, 0.2) is 6.23 Å². The van der Waals surface area contributed by atoms with Gasteiger partial charge in [0.25, 0.3) is 10.1 Å². The maximum Gasteiger partial charge on any atom is 0.298 e. The lowest BCUT2D eigenvalue weighted by Gasteiger charge is -2.26. The molecular formula is C24H32N2O4S. The Labute approximate surface area is 186 Å². The summed E-state index contributed by atoms with van der Waals surface area (Å²) in [6.45, 7) is 12.0. The van der Waals surface area contributed by atoms with Crippen LogP contribution in [-0.2, 0) is 20.7 Å². The molecule has 2 aromatic carbocycles. The van der Waals surface area contributed by atoms with E-state index in [0.29, 0.717) is 6.42 Å². The summed E-state index contributed by atoms with van der Waals surface area (Å²) in [4.78, 5) is 0.148. The van der Waals surface area contributed by atoms with E-state index in [1.54, 1.807) is 24.3 Å². The first-order valence-electron chi connectivity index (χ1n) is 10.6. The molecule has 1 heterocycles. The molecule has 1 atom stereocenters. The van der Waals surface area contributed by atoms with Crippen molar-refractivity contribution in [1.29, 1.82) is 0 Å². The number of aryl methyl sites for hydroxylation is 1. The number of hydrogen-bond acceptors (Lipinski definition) is 6. The zero-order valence-electron chi connectivity index (χ0n) is 19.0. The van der Waals surface area contributed by atoms with Crippen LogP contribution in [0.1, 0.15) is 45.7 Å². The van der Waals surface area contributed by atoms with Crippen molar-refractivity contribution in [3.63, 3.8) is 0 Å². The van der Waals surface area contributed by atoms with Crippen molar-refractivity contribution >= 4 is 10.1 Å². The minimum Gasteiger partial charge on any atom is -0.491 e. The van der Waals surface area contributed by atoms with Gasteiger partial charge in [0, 0.05) is 17.3 Å². The second-order valence-electron chi connectivity index (χ2n) is 8.43. The summed E-state index contributed by atoms with van der Waals surface area (Å²) in [6.07, 6.45) is -0.0857. The standard InChI is InChI=1S/C24H32N2O4S/c1-16(2)26-19(6)23(15-20-9-11-21(12-10-20)29-17(3)4)24(25-26)30-31(27,28)22-13-7-18(5)8-14-22/h7-14,16-17,24-25H,15H2,1-6H3. The van der Waals surface area contributed by atoms with E-state index in [4.69, 9.17) is 8.92 Å². The van der Waals surface area contributed by atoms with Crippen molar-refractivity contribution in [2.24, 2.45) is 0 Å². The minimum absolute atomic E-state index is 0.110. The molecule has 31 heavy (non-hydrogen) atoms. The summed E-state index contributed by atoms with van der Waals surface area (Å²) in [5.41, 5.74) is 7.13. The van der Waals surface area contributed by atoms with E-state index in [0.717, 1.165) is 28.1 Å². The molecular weight excluding hydrogens is 412 g/mol. The molecule has 1 unspecified atom stereocenters. The molecule has 0 aliphatic carbocycles. The summed E-state index contributed by atoms with van der Waals surface area (Å²) in [6, 6.07) is 14.7. The summed E-state index contributed by atoms with van der Waals surface area (Å²) >= 11 is 0. The maximum absolute atomic E-state index is 12.9. The van der Waals surface area contributed by atoms with Gasteiger partial charge in [-0.25, -0.2) is 9.61 Å². The normalized spacial score (nSPS) is 17.2. The molecule has 1 aliphatic rings. The van der Waals surface area contributed by atoms with Gasteiger partial charge in [0.2, 0.25) is 0 Å². The number of hydrazine groups is 1. The van der Waals surface area contributed by atoms with Crippen LogP contribution in [0.15, 0.2) is 64.7 Å². The van der Waals surface area contributed by atoms with Crippen molar-refractivity contribution in [3.8, 4) is 5.75 Å². The minimum atomic E-state index is -3.92. The van der Waals surface area contributed by atoms with E-state index in [9.17, 15) is 8.42 Å². The van der Waals surface area contributed by atoms with E-state index >= 15 is 0 Å². The van der Waals surface area contributed by atoms with Gasteiger partial charge in [0.05, 0.1) is 11.0 Å². The van der Waals surface area contributed by atoms with Crippen molar-refractivity contribution in [3.05, 3.63) is 70.9 Å². The predicted octanol–water partition coefficient (Wildman–Crippen LogP) is 4.56. The second-order valence-corrected chi connectivity index (χ2v) is 10.0. The van der Waals surface area contributed by atoms with E-state index in [1.807, 2.05) is 70.8 Å². The van der Waals surface area contributed by atoms with Crippen LogP contribution in [0, 0.1) is 6.92 Å².